The SMILES string of the molecule is NNC(=O)c1cc(N)cc(S)c1C(=O)NN. The molecule has 8 N–H and O–H groups in total. The molecular weight excluding hydrogens is 230 g/mol. The first-order chi connectivity index (χ1) is 7.51. The Balaban J connectivity index is 3.44. The van der Waals surface area contributed by atoms with Gasteiger partial charge in [0, 0.05) is 10.6 Å². The number of amides is 2. The van der Waals surface area contributed by atoms with E-state index in [-0.39, 0.29) is 21.7 Å². The van der Waals surface area contributed by atoms with Crippen LogP contribution in [0.15, 0.2) is 17.0 Å². The van der Waals surface area contributed by atoms with Gasteiger partial charge in [-0.3, -0.25) is 20.4 Å². The van der Waals surface area contributed by atoms with E-state index in [1.165, 1.54) is 12.1 Å². The molecule has 86 valence electrons. The van der Waals surface area contributed by atoms with E-state index in [0.29, 0.717) is 0 Å². The first-order valence-corrected chi connectivity index (χ1v) is 4.60. The summed E-state index contributed by atoms with van der Waals surface area (Å²) >= 11 is 4.05. The highest BCUT2D eigenvalue weighted by atomic mass is 32.1. The van der Waals surface area contributed by atoms with Crippen molar-refractivity contribution in [1.82, 2.24) is 10.9 Å². The molecule has 2 amide bonds. The third-order valence-corrected chi connectivity index (χ3v) is 2.23. The van der Waals surface area contributed by atoms with E-state index >= 15 is 0 Å². The second kappa shape index (κ2) is 4.84. The Hall–Kier alpha value is -1.77. The van der Waals surface area contributed by atoms with Crippen molar-refractivity contribution in [2.45, 2.75) is 4.90 Å². The first kappa shape index (κ1) is 12.3. The van der Waals surface area contributed by atoms with Gasteiger partial charge in [0.2, 0.25) is 0 Å². The van der Waals surface area contributed by atoms with Gasteiger partial charge in [0.25, 0.3) is 11.8 Å². The first-order valence-electron chi connectivity index (χ1n) is 4.15. The van der Waals surface area contributed by atoms with Gasteiger partial charge in [-0.25, -0.2) is 11.7 Å². The van der Waals surface area contributed by atoms with Gasteiger partial charge in [-0.1, -0.05) is 0 Å². The fourth-order valence-electron chi connectivity index (χ4n) is 1.22. The van der Waals surface area contributed by atoms with Crippen LogP contribution in [0.2, 0.25) is 0 Å². The number of nitrogen functional groups attached to an aromatic ring is 3. The molecule has 1 aromatic carbocycles. The minimum atomic E-state index is -0.652. The number of benzene rings is 1. The fraction of sp³-hybridized carbons (Fsp3) is 0. The highest BCUT2D eigenvalue weighted by molar-refractivity contribution is 7.80. The molecule has 0 aromatic heterocycles. The Morgan fingerprint density at radius 3 is 2.19 bits per heavy atom. The zero-order valence-electron chi connectivity index (χ0n) is 8.15. The molecule has 0 aliphatic heterocycles. The van der Waals surface area contributed by atoms with Crippen molar-refractivity contribution >= 4 is 30.1 Å². The molecule has 0 atom stereocenters. The van der Waals surface area contributed by atoms with Crippen LogP contribution in [-0.4, -0.2) is 11.8 Å². The van der Waals surface area contributed by atoms with Crippen LogP contribution in [0.5, 0.6) is 0 Å². The molecule has 7 nitrogen and oxygen atoms in total. The van der Waals surface area contributed by atoms with Gasteiger partial charge in [-0.15, -0.1) is 12.6 Å². The third-order valence-electron chi connectivity index (χ3n) is 1.87. The number of carbonyl (C=O) groups is 2. The summed E-state index contributed by atoms with van der Waals surface area (Å²) in [6, 6.07) is 2.74. The number of nitrogens with two attached hydrogens (primary N) is 3. The van der Waals surface area contributed by atoms with E-state index in [2.05, 4.69) is 12.6 Å². The quantitative estimate of drug-likeness (QED) is 0.127. The third kappa shape index (κ3) is 2.24. The van der Waals surface area contributed by atoms with Gasteiger partial charge in [0.05, 0.1) is 11.1 Å². The average Bonchev–Trinajstić information content (AvgIpc) is 2.26. The van der Waals surface area contributed by atoms with Gasteiger partial charge in [0.1, 0.15) is 0 Å². The van der Waals surface area contributed by atoms with Gasteiger partial charge in [-0.2, -0.15) is 0 Å². The second-order valence-electron chi connectivity index (χ2n) is 2.91. The molecule has 0 aliphatic rings. The molecule has 0 unspecified atom stereocenters. The zero-order chi connectivity index (χ0) is 12.3. The summed E-state index contributed by atoms with van der Waals surface area (Å²) in [4.78, 5) is 23.1. The summed E-state index contributed by atoms with van der Waals surface area (Å²) < 4.78 is 0. The summed E-state index contributed by atoms with van der Waals surface area (Å²) in [5.74, 6) is 8.68. The summed E-state index contributed by atoms with van der Waals surface area (Å²) in [6.45, 7) is 0. The number of hydrazine groups is 2. The maximum absolute atomic E-state index is 11.4. The van der Waals surface area contributed by atoms with E-state index in [0.717, 1.165) is 0 Å². The lowest BCUT2D eigenvalue weighted by Crippen LogP contribution is -2.35. The molecule has 0 fully saturated rings. The standard InChI is InChI=1S/C8H11N5O2S/c9-3-1-4(7(14)12-10)6(5(16)2-3)8(15)13-11/h1-2,16H,9-11H2,(H,12,14)(H,13,15). The molecule has 8 heteroatoms. The van der Waals surface area contributed by atoms with Crippen LogP contribution in [0, 0.1) is 0 Å². The molecule has 1 aromatic rings. The highest BCUT2D eigenvalue weighted by Crippen LogP contribution is 2.22. The van der Waals surface area contributed by atoms with Crippen molar-refractivity contribution in [3.8, 4) is 0 Å². The molecular formula is C8H11N5O2S. The summed E-state index contributed by atoms with van der Waals surface area (Å²) in [5.41, 5.74) is 9.66. The number of carbonyl (C=O) groups excluding carboxylic acids is 2. The second-order valence-corrected chi connectivity index (χ2v) is 3.39. The maximum Gasteiger partial charge on any atom is 0.267 e. The number of nitrogens with one attached hydrogen (secondary N) is 2. The van der Waals surface area contributed by atoms with Crippen LogP contribution in [0.25, 0.3) is 0 Å². The molecule has 0 bridgehead atoms. The van der Waals surface area contributed by atoms with E-state index in [1.54, 1.807) is 0 Å². The molecule has 0 aliphatic carbocycles. The van der Waals surface area contributed by atoms with Crippen LogP contribution in [0.1, 0.15) is 20.7 Å². The monoisotopic (exact) mass is 241 g/mol. The average molecular weight is 241 g/mol. The molecule has 0 spiro atoms. The van der Waals surface area contributed by atoms with Crippen LogP contribution in [0.4, 0.5) is 5.69 Å². The normalized spacial score (nSPS) is 9.69. The lowest BCUT2D eigenvalue weighted by molar-refractivity contribution is 0.0917. The van der Waals surface area contributed by atoms with Crippen molar-refractivity contribution in [1.29, 1.82) is 0 Å². The number of thiol groups is 1. The zero-order valence-corrected chi connectivity index (χ0v) is 9.04. The minimum Gasteiger partial charge on any atom is -0.399 e. The summed E-state index contributed by atoms with van der Waals surface area (Å²) in [5, 5.41) is 0. The van der Waals surface area contributed by atoms with Crippen LogP contribution < -0.4 is 28.3 Å². The van der Waals surface area contributed by atoms with Crippen LogP contribution in [-0.2, 0) is 0 Å². The lowest BCUT2D eigenvalue weighted by Gasteiger charge is -2.10. The topological polar surface area (TPSA) is 136 Å². The van der Waals surface area contributed by atoms with E-state index < -0.39 is 11.8 Å². The highest BCUT2D eigenvalue weighted by Gasteiger charge is 2.19. The largest absolute Gasteiger partial charge is 0.399 e. The predicted octanol–water partition coefficient (Wildman–Crippen LogP) is -1.24. The fourth-order valence-corrected chi connectivity index (χ4v) is 1.59. The maximum atomic E-state index is 11.4. The molecule has 0 heterocycles. The van der Waals surface area contributed by atoms with Crippen LogP contribution in [0.3, 0.4) is 0 Å². The Labute approximate surface area is 96.7 Å². The minimum absolute atomic E-state index is 0.00968. The van der Waals surface area contributed by atoms with Gasteiger partial charge in [0.15, 0.2) is 0 Å². The Morgan fingerprint density at radius 2 is 1.69 bits per heavy atom. The van der Waals surface area contributed by atoms with Crippen molar-refractivity contribution in [2.24, 2.45) is 11.7 Å². The summed E-state index contributed by atoms with van der Waals surface area (Å²) in [7, 11) is 0. The molecule has 0 saturated heterocycles. The predicted molar refractivity (Wildman–Crippen MR) is 61.4 cm³/mol. The number of anilines is 1. The smallest absolute Gasteiger partial charge is 0.267 e. The number of rotatable bonds is 2. The van der Waals surface area contributed by atoms with Crippen molar-refractivity contribution in [3.05, 3.63) is 23.3 Å². The van der Waals surface area contributed by atoms with Crippen molar-refractivity contribution in [2.75, 3.05) is 5.73 Å². The number of hydrogen-bond acceptors (Lipinski definition) is 6. The molecule has 0 radical (unpaired) electrons. The van der Waals surface area contributed by atoms with E-state index in [4.69, 9.17) is 17.4 Å². The van der Waals surface area contributed by atoms with Gasteiger partial charge in [-0.05, 0) is 12.1 Å². The molecule has 1 rings (SSSR count). The Morgan fingerprint density at radius 1 is 1.12 bits per heavy atom. The van der Waals surface area contributed by atoms with E-state index in [9.17, 15) is 9.59 Å². The van der Waals surface area contributed by atoms with Gasteiger partial charge < -0.3 is 5.73 Å². The summed E-state index contributed by atoms with van der Waals surface area (Å²) in [6.07, 6.45) is 0. The number of hydrogen-bond donors (Lipinski definition) is 6. The van der Waals surface area contributed by atoms with Gasteiger partial charge >= 0.3 is 0 Å². The lowest BCUT2D eigenvalue weighted by atomic mass is 10.1. The van der Waals surface area contributed by atoms with Crippen molar-refractivity contribution in [3.63, 3.8) is 0 Å². The molecule has 0 saturated carbocycles. The van der Waals surface area contributed by atoms with Crippen LogP contribution >= 0.6 is 12.6 Å². The Kier molecular flexibility index (Phi) is 3.72. The van der Waals surface area contributed by atoms with Crippen molar-refractivity contribution < 1.29 is 9.59 Å². The Bertz CT molecular complexity index is 448. The molecule has 16 heavy (non-hydrogen) atoms. The van der Waals surface area contributed by atoms with E-state index in [1.807, 2.05) is 10.9 Å².